The topological polar surface area (TPSA) is 44.6 Å². The molecule has 0 radical (unpaired) electrons. The van der Waals surface area contributed by atoms with E-state index in [1.54, 1.807) is 10.6 Å². The van der Waals surface area contributed by atoms with E-state index in [0.29, 0.717) is 11.5 Å². The molecule has 0 aromatic carbocycles. The van der Waals surface area contributed by atoms with Crippen LogP contribution in [-0.4, -0.2) is 34.1 Å². The van der Waals surface area contributed by atoms with E-state index in [1.807, 2.05) is 25.6 Å². The lowest BCUT2D eigenvalue weighted by Crippen LogP contribution is -2.21. The number of aromatic nitrogens is 2. The Kier molecular flexibility index (Phi) is 3.22. The number of nitrogens with zero attached hydrogens (tertiary/aromatic N) is 4. The summed E-state index contributed by atoms with van der Waals surface area (Å²) in [4.78, 5) is 4.12. The van der Waals surface area contributed by atoms with Crippen LogP contribution in [0.25, 0.3) is 6.08 Å². The summed E-state index contributed by atoms with van der Waals surface area (Å²) >= 11 is 0. The third kappa shape index (κ3) is 2.04. The Morgan fingerprint density at radius 2 is 2.33 bits per heavy atom. The molecule has 0 aliphatic heterocycles. The van der Waals surface area contributed by atoms with Crippen LogP contribution < -0.4 is 0 Å². The normalized spacial score (nSPS) is 8.93. The van der Waals surface area contributed by atoms with Crippen molar-refractivity contribution in [2.24, 2.45) is 0 Å². The van der Waals surface area contributed by atoms with Crippen molar-refractivity contribution in [1.82, 2.24) is 9.55 Å². The van der Waals surface area contributed by atoms with Crippen molar-refractivity contribution in [2.75, 3.05) is 14.1 Å². The summed E-state index contributed by atoms with van der Waals surface area (Å²) < 4.78 is 3.68. The van der Waals surface area contributed by atoms with E-state index in [4.69, 9.17) is 5.26 Å². The van der Waals surface area contributed by atoms with Gasteiger partial charge in [-0.2, -0.15) is 9.83 Å². The van der Waals surface area contributed by atoms with Crippen molar-refractivity contribution in [1.29, 1.82) is 5.26 Å². The maximum Gasteiger partial charge on any atom is 0.255 e. The molecule has 0 aliphatic rings. The van der Waals surface area contributed by atoms with Crippen LogP contribution in [0, 0.1) is 11.3 Å². The lowest BCUT2D eigenvalue weighted by Gasteiger charge is -2.00. The molecule has 15 heavy (non-hydrogen) atoms. The van der Waals surface area contributed by atoms with Gasteiger partial charge in [-0.1, -0.05) is 6.58 Å². The van der Waals surface area contributed by atoms with Crippen LogP contribution in [0.15, 0.2) is 18.5 Å². The zero-order valence-corrected chi connectivity index (χ0v) is 9.15. The quantitative estimate of drug-likeness (QED) is 0.295. The van der Waals surface area contributed by atoms with E-state index < -0.39 is 0 Å². The van der Waals surface area contributed by atoms with Gasteiger partial charge in [0, 0.05) is 13.0 Å². The number of rotatable bonds is 1. The molecule has 0 spiro atoms. The second-order valence-corrected chi connectivity index (χ2v) is 3.24. The molecule has 0 unspecified atom stereocenters. The van der Waals surface area contributed by atoms with Crippen LogP contribution in [0.1, 0.15) is 18.4 Å². The van der Waals surface area contributed by atoms with Gasteiger partial charge in [-0.3, -0.25) is 4.58 Å². The smallest absolute Gasteiger partial charge is 0.255 e. The summed E-state index contributed by atoms with van der Waals surface area (Å²) in [5.74, 6) is 1.58. The van der Waals surface area contributed by atoms with Gasteiger partial charge in [-0.25, -0.2) is 4.98 Å². The van der Waals surface area contributed by atoms with Crippen LogP contribution in [-0.2, 0) is 0 Å². The molecule has 4 heteroatoms. The molecule has 76 valence electrons. The standard InChI is InChI=1S/C11H13N4/c1-5-6-11-13-8-10(7-12)15(11)9(2)14(3)4/h6,8H,1H2,2-4H3/q+1. The van der Waals surface area contributed by atoms with Crippen molar-refractivity contribution < 1.29 is 4.58 Å². The average molecular weight is 201 g/mol. The maximum atomic E-state index is 8.94. The zero-order chi connectivity index (χ0) is 11.4. The van der Waals surface area contributed by atoms with Crippen molar-refractivity contribution in [2.45, 2.75) is 6.92 Å². The molecule has 0 amide bonds. The fourth-order valence-electron chi connectivity index (χ4n) is 1.18. The van der Waals surface area contributed by atoms with E-state index in [0.717, 1.165) is 5.84 Å². The van der Waals surface area contributed by atoms with Gasteiger partial charge in [0.05, 0.1) is 20.3 Å². The molecule has 0 aliphatic carbocycles. The number of nitriles is 1. The highest BCUT2D eigenvalue weighted by Crippen LogP contribution is 2.05. The van der Waals surface area contributed by atoms with E-state index in [9.17, 15) is 0 Å². The van der Waals surface area contributed by atoms with Gasteiger partial charge in [-0.05, 0) is 0 Å². The molecular formula is C11H13N4+. The van der Waals surface area contributed by atoms with Crippen LogP contribution in [0.2, 0.25) is 0 Å². The molecular weight excluding hydrogens is 188 g/mol. The predicted octanol–water partition coefficient (Wildman–Crippen LogP) is 1.09. The first-order valence-corrected chi connectivity index (χ1v) is 4.46. The zero-order valence-electron chi connectivity index (χ0n) is 9.15. The molecule has 0 atom stereocenters. The van der Waals surface area contributed by atoms with Gasteiger partial charge in [0.15, 0.2) is 0 Å². The highest BCUT2D eigenvalue weighted by molar-refractivity contribution is 5.80. The third-order valence-corrected chi connectivity index (χ3v) is 2.11. The van der Waals surface area contributed by atoms with Gasteiger partial charge >= 0.3 is 0 Å². The first kappa shape index (κ1) is 11.0. The molecule has 0 fully saturated rings. The third-order valence-electron chi connectivity index (χ3n) is 2.11. The van der Waals surface area contributed by atoms with Crippen molar-refractivity contribution in [3.05, 3.63) is 30.0 Å². The minimum absolute atomic E-state index is 0.503. The Hall–Kier alpha value is -2.11. The van der Waals surface area contributed by atoms with Crippen LogP contribution in [0.5, 0.6) is 0 Å². The fraction of sp³-hybridized carbons (Fsp3) is 0.273. The second-order valence-electron chi connectivity index (χ2n) is 3.24. The highest BCUT2D eigenvalue weighted by atomic mass is 15.2. The van der Waals surface area contributed by atoms with E-state index in [1.165, 1.54) is 6.20 Å². The van der Waals surface area contributed by atoms with Gasteiger partial charge in [0.2, 0.25) is 11.5 Å². The summed E-state index contributed by atoms with van der Waals surface area (Å²) in [6.07, 6.45) is 3.18. The van der Waals surface area contributed by atoms with Crippen LogP contribution in [0.4, 0.5) is 0 Å². The van der Waals surface area contributed by atoms with E-state index >= 15 is 0 Å². The van der Waals surface area contributed by atoms with E-state index in [-0.39, 0.29) is 0 Å². The van der Waals surface area contributed by atoms with Crippen LogP contribution in [0.3, 0.4) is 0 Å². The lowest BCUT2D eigenvalue weighted by molar-refractivity contribution is -0.467. The second kappa shape index (κ2) is 4.41. The van der Waals surface area contributed by atoms with Crippen molar-refractivity contribution >= 4 is 11.9 Å². The van der Waals surface area contributed by atoms with Gasteiger partial charge in [0.25, 0.3) is 5.84 Å². The minimum Gasteiger partial charge on any atom is -0.271 e. The molecule has 1 aromatic rings. The van der Waals surface area contributed by atoms with Crippen LogP contribution >= 0.6 is 0 Å². The molecule has 0 saturated carbocycles. The van der Waals surface area contributed by atoms with Gasteiger partial charge in [0.1, 0.15) is 6.07 Å². The molecule has 0 bridgehead atoms. The number of hydrogen-bond acceptors (Lipinski definition) is 2. The van der Waals surface area contributed by atoms with Gasteiger partial charge < -0.3 is 0 Å². The molecule has 1 rings (SSSR count). The molecule has 0 N–H and O–H groups in total. The molecule has 4 nitrogen and oxygen atoms in total. The summed E-state index contributed by atoms with van der Waals surface area (Å²) in [5.41, 5.74) is 3.16. The summed E-state index contributed by atoms with van der Waals surface area (Å²) in [5, 5.41) is 8.94. The predicted molar refractivity (Wildman–Crippen MR) is 58.7 cm³/mol. The Labute approximate surface area is 89.1 Å². The maximum absolute atomic E-state index is 8.94. The first-order chi connectivity index (χ1) is 7.11. The van der Waals surface area contributed by atoms with Crippen molar-refractivity contribution in [3.63, 3.8) is 0 Å². The number of imidazole rings is 1. The summed E-state index contributed by atoms with van der Waals surface area (Å²) in [6.45, 7) is 5.42. The monoisotopic (exact) mass is 201 g/mol. The molecule has 0 saturated heterocycles. The Morgan fingerprint density at radius 3 is 2.80 bits per heavy atom. The SMILES string of the molecule is C=C=Cc1ncc(C#N)n1C(C)=[N+](C)C. The lowest BCUT2D eigenvalue weighted by atomic mass is 10.4. The van der Waals surface area contributed by atoms with E-state index in [2.05, 4.69) is 23.4 Å². The van der Waals surface area contributed by atoms with Gasteiger partial charge in [-0.15, -0.1) is 5.73 Å². The fourth-order valence-corrected chi connectivity index (χ4v) is 1.18. The Balaban J connectivity index is 3.50. The average Bonchev–Trinajstić information content (AvgIpc) is 2.60. The number of hydrogen-bond donors (Lipinski definition) is 0. The molecule has 1 aromatic heterocycles. The largest absolute Gasteiger partial charge is 0.271 e. The molecule has 1 heterocycles. The summed E-state index contributed by atoms with van der Waals surface area (Å²) in [6, 6.07) is 2.09. The minimum atomic E-state index is 0.503. The highest BCUT2D eigenvalue weighted by Gasteiger charge is 2.18. The Bertz CT molecular complexity index is 489. The first-order valence-electron chi connectivity index (χ1n) is 4.46. The van der Waals surface area contributed by atoms with Crippen molar-refractivity contribution in [3.8, 4) is 6.07 Å². The summed E-state index contributed by atoms with van der Waals surface area (Å²) in [7, 11) is 3.83. The Morgan fingerprint density at radius 1 is 1.67 bits per heavy atom.